The van der Waals surface area contributed by atoms with Crippen LogP contribution in [0.1, 0.15) is 104 Å². The van der Waals surface area contributed by atoms with Gasteiger partial charge in [-0.2, -0.15) is 0 Å². The fourth-order valence-corrected chi connectivity index (χ4v) is 4.94. The van der Waals surface area contributed by atoms with E-state index in [4.69, 9.17) is 0 Å². The Kier molecular flexibility index (Phi) is 15.1. The van der Waals surface area contributed by atoms with Gasteiger partial charge in [0.25, 0.3) is 0 Å². The van der Waals surface area contributed by atoms with Crippen LogP contribution in [0.2, 0.25) is 0 Å². The monoisotopic (exact) mass is 542 g/mol. The van der Waals surface area contributed by atoms with Crippen LogP contribution in [0.5, 0.6) is 0 Å². The minimum Gasteiger partial charge on any atom is -0.383 e. The number of benzene rings is 1. The molecule has 1 aliphatic heterocycles. The number of hydrogen-bond acceptors (Lipinski definition) is 4. The average molecular weight is 543 g/mol. The third kappa shape index (κ3) is 10.8. The van der Waals surface area contributed by atoms with Crippen LogP contribution in [0, 0.1) is 18.8 Å². The molecule has 0 saturated heterocycles. The Hall–Kier alpha value is -3.14. The van der Waals surface area contributed by atoms with Crippen molar-refractivity contribution in [3.8, 4) is 0 Å². The van der Waals surface area contributed by atoms with Gasteiger partial charge in [-0.25, -0.2) is 4.98 Å². The summed E-state index contributed by atoms with van der Waals surface area (Å²) in [7, 11) is 0. The molecule has 1 aliphatic carbocycles. The summed E-state index contributed by atoms with van der Waals surface area (Å²) in [6, 6.07) is 13.1. The molecule has 40 heavy (non-hydrogen) atoms. The van der Waals surface area contributed by atoms with Crippen LogP contribution in [0.4, 0.5) is 11.5 Å². The summed E-state index contributed by atoms with van der Waals surface area (Å²) in [6.45, 7) is 19.3. The van der Waals surface area contributed by atoms with E-state index in [9.17, 15) is 0 Å². The predicted molar refractivity (Wildman–Crippen MR) is 177 cm³/mol. The molecule has 0 spiro atoms. The van der Waals surface area contributed by atoms with Gasteiger partial charge in [0.05, 0.1) is 0 Å². The van der Waals surface area contributed by atoms with Crippen molar-refractivity contribution in [1.82, 2.24) is 10.3 Å². The van der Waals surface area contributed by atoms with Gasteiger partial charge in [0.15, 0.2) is 0 Å². The third-order valence-corrected chi connectivity index (χ3v) is 7.57. The van der Waals surface area contributed by atoms with Crippen molar-refractivity contribution in [2.24, 2.45) is 16.8 Å². The van der Waals surface area contributed by atoms with Gasteiger partial charge in [-0.1, -0.05) is 92.0 Å². The molecule has 218 valence electrons. The van der Waals surface area contributed by atoms with Gasteiger partial charge < -0.3 is 10.6 Å². The maximum Gasteiger partial charge on any atom is 0.133 e. The highest BCUT2D eigenvalue weighted by molar-refractivity contribution is 6.07. The maximum absolute atomic E-state index is 4.68. The Morgan fingerprint density at radius 1 is 0.975 bits per heavy atom. The van der Waals surface area contributed by atoms with E-state index in [2.05, 4.69) is 104 Å². The van der Waals surface area contributed by atoms with Crippen molar-refractivity contribution in [3.05, 3.63) is 84.3 Å². The highest BCUT2D eigenvalue weighted by Crippen LogP contribution is 2.31. The number of allylic oxidation sites excluding steroid dienone is 3. The molecule has 1 atom stereocenters. The lowest BCUT2D eigenvalue weighted by Crippen LogP contribution is -2.31. The molecule has 1 saturated carbocycles. The number of anilines is 2. The van der Waals surface area contributed by atoms with E-state index >= 15 is 0 Å². The summed E-state index contributed by atoms with van der Waals surface area (Å²) in [4.78, 5) is 9.09. The average Bonchev–Trinajstić information content (AvgIpc) is 3.35. The Balaban J connectivity index is 0.000000622. The summed E-state index contributed by atoms with van der Waals surface area (Å²) < 4.78 is 0. The molecule has 1 unspecified atom stereocenters. The Morgan fingerprint density at radius 2 is 1.62 bits per heavy atom. The zero-order valence-corrected chi connectivity index (χ0v) is 26.3. The Morgan fingerprint density at radius 3 is 2.23 bits per heavy atom. The molecule has 2 N–H and O–H groups in total. The first-order valence-electron chi connectivity index (χ1n) is 15.6. The summed E-state index contributed by atoms with van der Waals surface area (Å²) in [6.07, 6.45) is 18.6. The number of unbranched alkanes of at least 4 members (excludes halogenated alkanes) is 3. The van der Waals surface area contributed by atoms with Gasteiger partial charge in [-0.05, 0) is 85.6 Å². The molecule has 1 aromatic carbocycles. The quantitative estimate of drug-likeness (QED) is 0.232. The lowest BCUT2D eigenvalue weighted by atomic mass is 9.87. The van der Waals surface area contributed by atoms with Gasteiger partial charge >= 0.3 is 0 Å². The lowest BCUT2D eigenvalue weighted by molar-refractivity contribution is 0.323. The summed E-state index contributed by atoms with van der Waals surface area (Å²) in [5.74, 6) is 2.01. The molecule has 4 rings (SSSR count). The molecule has 2 aromatic rings. The first-order valence-corrected chi connectivity index (χ1v) is 15.6. The predicted octanol–water partition coefficient (Wildman–Crippen LogP) is 10.4. The van der Waals surface area contributed by atoms with Crippen molar-refractivity contribution in [3.63, 3.8) is 0 Å². The van der Waals surface area contributed by atoms with E-state index in [1.54, 1.807) is 6.20 Å². The van der Waals surface area contributed by atoms with Crippen LogP contribution < -0.4 is 10.6 Å². The van der Waals surface area contributed by atoms with Crippen molar-refractivity contribution in [2.75, 3.05) is 5.32 Å². The van der Waals surface area contributed by atoms with Crippen molar-refractivity contribution in [1.29, 1.82) is 0 Å². The SMILES string of the molecule is C=C(/C=C\C1=NC=C(c2ccc(Nc3ncccc3C)cc2)C1C)NC1CCC(C)CC1.CC.CCCCCC. The number of pyridine rings is 1. The number of aromatic nitrogens is 1. The van der Waals surface area contributed by atoms with E-state index in [1.165, 1.54) is 62.5 Å². The Labute approximate surface area is 245 Å². The summed E-state index contributed by atoms with van der Waals surface area (Å²) >= 11 is 0. The highest BCUT2D eigenvalue weighted by atomic mass is 15.0. The second-order valence-electron chi connectivity index (χ2n) is 10.9. The maximum atomic E-state index is 4.68. The largest absolute Gasteiger partial charge is 0.383 e. The molecule has 0 bridgehead atoms. The molecule has 2 aliphatic rings. The minimum absolute atomic E-state index is 0.256. The molecule has 1 aromatic heterocycles. The topological polar surface area (TPSA) is 49.3 Å². The van der Waals surface area contributed by atoms with E-state index in [1.807, 2.05) is 26.1 Å². The first kappa shape index (κ1) is 33.1. The van der Waals surface area contributed by atoms with E-state index in [-0.39, 0.29) is 5.92 Å². The number of nitrogens with one attached hydrogen (secondary N) is 2. The van der Waals surface area contributed by atoms with Gasteiger partial charge in [0.1, 0.15) is 5.82 Å². The highest BCUT2D eigenvalue weighted by Gasteiger charge is 2.21. The Bertz CT molecular complexity index is 1100. The standard InChI is InChI=1S/C28H34N4.C6H14.C2H6/c1-19-7-12-24(13-8-19)31-21(3)9-16-27-22(4)26(18-30-27)23-10-14-25(15-11-23)32-28-20(2)6-5-17-29-28;1-3-5-6-4-2;1-2/h5-6,9-11,14-19,22,24,31H,3,7-8,12-13H2,1-2,4H3,(H,29,32);3-6H2,1-2H3;1-2H3/b16-9-;;. The van der Waals surface area contributed by atoms with E-state index < -0.39 is 0 Å². The number of aryl methyl sites for hydroxylation is 1. The molecule has 4 nitrogen and oxygen atoms in total. The summed E-state index contributed by atoms with van der Waals surface area (Å²) in [5, 5.41) is 6.98. The van der Waals surface area contributed by atoms with E-state index in [0.29, 0.717) is 6.04 Å². The van der Waals surface area contributed by atoms with Crippen LogP contribution in [0.15, 0.2) is 78.2 Å². The molecular formula is C36H54N4. The second kappa shape index (κ2) is 18.3. The third-order valence-electron chi connectivity index (χ3n) is 7.57. The van der Waals surface area contributed by atoms with Gasteiger partial charge in [-0.15, -0.1) is 0 Å². The summed E-state index contributed by atoms with van der Waals surface area (Å²) in [5.41, 5.74) is 6.65. The van der Waals surface area contributed by atoms with Crippen LogP contribution in [0.3, 0.4) is 0 Å². The van der Waals surface area contributed by atoms with Crippen LogP contribution in [-0.4, -0.2) is 16.7 Å². The van der Waals surface area contributed by atoms with E-state index in [0.717, 1.165) is 34.4 Å². The second-order valence-corrected chi connectivity index (χ2v) is 10.9. The van der Waals surface area contributed by atoms with Crippen LogP contribution in [0.25, 0.3) is 5.57 Å². The molecule has 0 radical (unpaired) electrons. The molecule has 0 amide bonds. The minimum atomic E-state index is 0.256. The number of hydrogen-bond donors (Lipinski definition) is 2. The van der Waals surface area contributed by atoms with Gasteiger partial charge in [0, 0.05) is 41.5 Å². The van der Waals surface area contributed by atoms with Crippen molar-refractivity contribution in [2.45, 2.75) is 106 Å². The molecule has 4 heteroatoms. The fraction of sp³-hybridized carbons (Fsp3) is 0.500. The number of aliphatic imine (C=N–C) groups is 1. The molecular weight excluding hydrogens is 488 g/mol. The number of rotatable bonds is 10. The smallest absolute Gasteiger partial charge is 0.133 e. The van der Waals surface area contributed by atoms with Crippen LogP contribution >= 0.6 is 0 Å². The first-order chi connectivity index (χ1) is 19.4. The number of nitrogens with zero attached hydrogens (tertiary/aromatic N) is 2. The molecule has 1 fully saturated rings. The zero-order chi connectivity index (χ0) is 29.3. The lowest BCUT2D eigenvalue weighted by Gasteiger charge is -2.27. The van der Waals surface area contributed by atoms with Gasteiger partial charge in [0.2, 0.25) is 0 Å². The van der Waals surface area contributed by atoms with Crippen molar-refractivity contribution < 1.29 is 0 Å². The van der Waals surface area contributed by atoms with Crippen molar-refractivity contribution >= 4 is 22.8 Å². The zero-order valence-electron chi connectivity index (χ0n) is 26.3. The van der Waals surface area contributed by atoms with Crippen LogP contribution in [-0.2, 0) is 0 Å². The normalized spacial score (nSPS) is 19.9. The molecule has 2 heterocycles. The fourth-order valence-electron chi connectivity index (χ4n) is 4.94. The van der Waals surface area contributed by atoms with Gasteiger partial charge in [-0.3, -0.25) is 4.99 Å².